The molecule has 0 atom stereocenters. The lowest BCUT2D eigenvalue weighted by Gasteiger charge is -2.00. The highest BCUT2D eigenvalue weighted by atomic mass is 19.1. The van der Waals surface area contributed by atoms with E-state index < -0.39 is 0 Å². The number of halogens is 1. The van der Waals surface area contributed by atoms with Crippen LogP contribution in [0.4, 0.5) is 4.39 Å². The lowest BCUT2D eigenvalue weighted by Crippen LogP contribution is -2.18. The summed E-state index contributed by atoms with van der Waals surface area (Å²) in [5, 5.41) is 2.99. The summed E-state index contributed by atoms with van der Waals surface area (Å²) in [5.41, 5.74) is 1.57. The van der Waals surface area contributed by atoms with Crippen LogP contribution >= 0.6 is 0 Å². The Kier molecular flexibility index (Phi) is 3.39. The van der Waals surface area contributed by atoms with Gasteiger partial charge in [-0.25, -0.2) is 14.1 Å². The van der Waals surface area contributed by atoms with Gasteiger partial charge in [0.15, 0.2) is 5.82 Å². The van der Waals surface area contributed by atoms with E-state index in [1.165, 1.54) is 10.7 Å². The standard InChI is InChI=1S/C16H14FN3O/c1-11-13(10-12-6-2-3-7-14(12)17)16(21)20(19-11)15-8-4-5-9-18-15/h2-9,19H,10H2,1H3. The minimum Gasteiger partial charge on any atom is -0.294 e. The van der Waals surface area contributed by atoms with Crippen molar-refractivity contribution in [2.45, 2.75) is 13.3 Å². The van der Waals surface area contributed by atoms with Gasteiger partial charge in [-0.05, 0) is 30.7 Å². The lowest BCUT2D eigenvalue weighted by atomic mass is 10.1. The molecule has 21 heavy (non-hydrogen) atoms. The van der Waals surface area contributed by atoms with E-state index in [4.69, 9.17) is 0 Å². The van der Waals surface area contributed by atoms with Gasteiger partial charge in [0, 0.05) is 23.9 Å². The molecule has 4 nitrogen and oxygen atoms in total. The monoisotopic (exact) mass is 283 g/mol. The maximum atomic E-state index is 13.7. The Balaban J connectivity index is 2.04. The number of benzene rings is 1. The molecule has 5 heteroatoms. The van der Waals surface area contributed by atoms with Crippen molar-refractivity contribution in [1.82, 2.24) is 14.8 Å². The van der Waals surface area contributed by atoms with Gasteiger partial charge < -0.3 is 0 Å². The van der Waals surface area contributed by atoms with Gasteiger partial charge in [0.1, 0.15) is 5.82 Å². The average Bonchev–Trinajstić information content (AvgIpc) is 2.78. The summed E-state index contributed by atoms with van der Waals surface area (Å²) >= 11 is 0. The second kappa shape index (κ2) is 5.36. The second-order valence-corrected chi connectivity index (χ2v) is 4.81. The molecule has 0 saturated carbocycles. The molecule has 2 heterocycles. The first kappa shape index (κ1) is 13.3. The molecule has 1 N–H and O–H groups in total. The van der Waals surface area contributed by atoms with E-state index in [1.54, 1.807) is 43.5 Å². The van der Waals surface area contributed by atoms with E-state index in [0.29, 0.717) is 22.6 Å². The minimum atomic E-state index is -0.304. The Morgan fingerprint density at radius 3 is 2.67 bits per heavy atom. The van der Waals surface area contributed by atoms with Crippen LogP contribution in [-0.4, -0.2) is 14.8 Å². The molecule has 0 aliphatic heterocycles. The molecule has 0 spiro atoms. The van der Waals surface area contributed by atoms with Crippen molar-refractivity contribution in [2.24, 2.45) is 0 Å². The fraction of sp³-hybridized carbons (Fsp3) is 0.125. The van der Waals surface area contributed by atoms with Crippen LogP contribution in [0.1, 0.15) is 16.8 Å². The van der Waals surface area contributed by atoms with E-state index in [0.717, 1.165) is 0 Å². The smallest absolute Gasteiger partial charge is 0.276 e. The first-order valence-electron chi connectivity index (χ1n) is 6.62. The van der Waals surface area contributed by atoms with Crippen LogP contribution in [0.25, 0.3) is 5.82 Å². The Labute approximate surface area is 120 Å². The van der Waals surface area contributed by atoms with Crippen LogP contribution in [-0.2, 0) is 6.42 Å². The predicted octanol–water partition coefficient (Wildman–Crippen LogP) is 2.60. The highest BCUT2D eigenvalue weighted by molar-refractivity contribution is 5.31. The number of aromatic nitrogens is 3. The van der Waals surface area contributed by atoms with Crippen molar-refractivity contribution in [3.63, 3.8) is 0 Å². The highest BCUT2D eigenvalue weighted by Crippen LogP contribution is 2.13. The molecule has 3 aromatic rings. The van der Waals surface area contributed by atoms with E-state index in [9.17, 15) is 9.18 Å². The van der Waals surface area contributed by atoms with E-state index in [1.807, 2.05) is 6.07 Å². The van der Waals surface area contributed by atoms with E-state index in [-0.39, 0.29) is 17.8 Å². The first-order chi connectivity index (χ1) is 10.2. The molecule has 0 unspecified atom stereocenters. The van der Waals surface area contributed by atoms with Gasteiger partial charge in [0.2, 0.25) is 0 Å². The molecular formula is C16H14FN3O. The van der Waals surface area contributed by atoms with Crippen molar-refractivity contribution in [3.05, 3.63) is 81.7 Å². The molecule has 0 fully saturated rings. The van der Waals surface area contributed by atoms with Gasteiger partial charge in [0.25, 0.3) is 5.56 Å². The molecule has 0 amide bonds. The zero-order chi connectivity index (χ0) is 14.8. The summed E-state index contributed by atoms with van der Waals surface area (Å²) in [6.07, 6.45) is 1.88. The van der Waals surface area contributed by atoms with Gasteiger partial charge in [-0.15, -0.1) is 0 Å². The Hall–Kier alpha value is -2.69. The van der Waals surface area contributed by atoms with Crippen LogP contribution in [0.2, 0.25) is 0 Å². The van der Waals surface area contributed by atoms with Crippen molar-refractivity contribution in [3.8, 4) is 5.82 Å². The van der Waals surface area contributed by atoms with Gasteiger partial charge in [-0.1, -0.05) is 24.3 Å². The topological polar surface area (TPSA) is 50.7 Å². The van der Waals surface area contributed by atoms with Crippen molar-refractivity contribution >= 4 is 0 Å². The van der Waals surface area contributed by atoms with E-state index in [2.05, 4.69) is 10.1 Å². The van der Waals surface area contributed by atoms with Crippen molar-refractivity contribution in [2.75, 3.05) is 0 Å². The quantitative estimate of drug-likeness (QED) is 0.803. The van der Waals surface area contributed by atoms with Crippen LogP contribution < -0.4 is 5.56 Å². The molecule has 106 valence electrons. The van der Waals surface area contributed by atoms with Crippen LogP contribution in [0.15, 0.2) is 53.5 Å². The lowest BCUT2D eigenvalue weighted by molar-refractivity contribution is 0.613. The summed E-state index contributed by atoms with van der Waals surface area (Å²) < 4.78 is 15.1. The van der Waals surface area contributed by atoms with Gasteiger partial charge >= 0.3 is 0 Å². The third kappa shape index (κ3) is 2.50. The number of hydrogen-bond acceptors (Lipinski definition) is 2. The summed E-state index contributed by atoms with van der Waals surface area (Å²) in [4.78, 5) is 16.6. The molecule has 3 rings (SSSR count). The second-order valence-electron chi connectivity index (χ2n) is 4.81. The Morgan fingerprint density at radius 1 is 1.19 bits per heavy atom. The molecule has 0 radical (unpaired) electrons. The number of rotatable bonds is 3. The third-order valence-electron chi connectivity index (χ3n) is 3.40. The molecule has 1 aromatic carbocycles. The van der Waals surface area contributed by atoms with Gasteiger partial charge in [-0.2, -0.15) is 0 Å². The zero-order valence-electron chi connectivity index (χ0n) is 11.5. The normalized spacial score (nSPS) is 10.8. The van der Waals surface area contributed by atoms with Gasteiger partial charge in [0.05, 0.1) is 0 Å². The maximum Gasteiger partial charge on any atom is 0.276 e. The average molecular weight is 283 g/mol. The molecule has 2 aromatic heterocycles. The summed E-state index contributed by atoms with van der Waals surface area (Å²) in [5.74, 6) is 0.215. The molecule has 0 aliphatic carbocycles. The summed E-state index contributed by atoms with van der Waals surface area (Å²) in [6.45, 7) is 1.80. The van der Waals surface area contributed by atoms with Crippen molar-refractivity contribution < 1.29 is 4.39 Å². The summed E-state index contributed by atoms with van der Waals surface area (Å²) in [6, 6.07) is 11.8. The fourth-order valence-corrected chi connectivity index (χ4v) is 2.27. The first-order valence-corrected chi connectivity index (χ1v) is 6.62. The van der Waals surface area contributed by atoms with E-state index >= 15 is 0 Å². The number of H-pyrrole nitrogens is 1. The number of aryl methyl sites for hydroxylation is 1. The van der Waals surface area contributed by atoms with Gasteiger partial charge in [-0.3, -0.25) is 9.89 Å². The fourth-order valence-electron chi connectivity index (χ4n) is 2.27. The predicted molar refractivity (Wildman–Crippen MR) is 78.1 cm³/mol. The molecular weight excluding hydrogens is 269 g/mol. The summed E-state index contributed by atoms with van der Waals surface area (Å²) in [7, 11) is 0. The molecule has 0 saturated heterocycles. The number of pyridine rings is 1. The highest BCUT2D eigenvalue weighted by Gasteiger charge is 2.14. The number of nitrogens with zero attached hydrogens (tertiary/aromatic N) is 2. The number of nitrogens with one attached hydrogen (secondary N) is 1. The molecule has 0 bridgehead atoms. The number of hydrogen-bond donors (Lipinski definition) is 1. The van der Waals surface area contributed by atoms with Crippen LogP contribution in [0.5, 0.6) is 0 Å². The molecule has 0 aliphatic rings. The maximum absolute atomic E-state index is 13.7. The third-order valence-corrected chi connectivity index (χ3v) is 3.40. The largest absolute Gasteiger partial charge is 0.294 e. The van der Waals surface area contributed by atoms with Crippen LogP contribution in [0, 0.1) is 12.7 Å². The number of aromatic amines is 1. The Bertz CT molecular complexity index is 821. The zero-order valence-corrected chi connectivity index (χ0v) is 11.5. The van der Waals surface area contributed by atoms with Crippen LogP contribution in [0.3, 0.4) is 0 Å². The minimum absolute atomic E-state index is 0.200. The Morgan fingerprint density at radius 2 is 1.95 bits per heavy atom. The SMILES string of the molecule is Cc1[nH]n(-c2ccccn2)c(=O)c1Cc1ccccc1F. The van der Waals surface area contributed by atoms with Crippen molar-refractivity contribution in [1.29, 1.82) is 0 Å².